The summed E-state index contributed by atoms with van der Waals surface area (Å²) in [4.78, 5) is 7.01. The van der Waals surface area contributed by atoms with Crippen LogP contribution in [-0.4, -0.2) is 40.3 Å². The van der Waals surface area contributed by atoms with Crippen molar-refractivity contribution >= 4 is 16.6 Å². The van der Waals surface area contributed by atoms with Gasteiger partial charge in [-0.05, 0) is 32.0 Å². The van der Waals surface area contributed by atoms with Crippen molar-refractivity contribution in [3.63, 3.8) is 0 Å². The molecule has 0 spiro atoms. The van der Waals surface area contributed by atoms with Gasteiger partial charge >= 0.3 is 0 Å². The highest BCUT2D eigenvalue weighted by atomic mass is 32.2. The van der Waals surface area contributed by atoms with Crippen LogP contribution in [0.2, 0.25) is 0 Å². The minimum absolute atomic E-state index is 0.642. The first-order valence-electron chi connectivity index (χ1n) is 6.89. The van der Waals surface area contributed by atoms with Gasteiger partial charge in [0, 0.05) is 53.2 Å². The fraction of sp³-hybridized carbons (Fsp3) is 0.643. The lowest BCUT2D eigenvalue weighted by atomic mass is 10.1. The summed E-state index contributed by atoms with van der Waals surface area (Å²) in [5.41, 5.74) is 3.62. The second kappa shape index (κ2) is 6.48. The Kier molecular flexibility index (Phi) is 4.93. The molecule has 0 atom stereocenters. The van der Waals surface area contributed by atoms with Gasteiger partial charge in [0.15, 0.2) is 0 Å². The van der Waals surface area contributed by atoms with Crippen LogP contribution in [-0.2, 0) is 17.3 Å². The van der Waals surface area contributed by atoms with Crippen LogP contribution in [0.1, 0.15) is 23.7 Å². The van der Waals surface area contributed by atoms with E-state index in [2.05, 4.69) is 30.1 Å². The molecule has 5 heteroatoms. The van der Waals surface area contributed by atoms with Gasteiger partial charge in [0.1, 0.15) is 5.82 Å². The van der Waals surface area contributed by atoms with Crippen molar-refractivity contribution in [2.75, 3.05) is 36.0 Å². The Morgan fingerprint density at radius 2 is 2.05 bits per heavy atom. The molecule has 4 nitrogen and oxygen atoms in total. The van der Waals surface area contributed by atoms with Gasteiger partial charge in [-0.2, -0.15) is 0 Å². The second-order valence-corrected chi connectivity index (χ2v) is 6.69. The number of hydrogen-bond acceptors (Lipinski definition) is 4. The van der Waals surface area contributed by atoms with Crippen molar-refractivity contribution in [1.29, 1.82) is 0 Å². The van der Waals surface area contributed by atoms with Gasteiger partial charge in [-0.25, -0.2) is 4.98 Å². The normalized spacial score (nSPS) is 16.9. The number of aromatic nitrogens is 1. The Morgan fingerprint density at radius 3 is 2.68 bits per heavy atom. The molecule has 0 aliphatic carbocycles. The van der Waals surface area contributed by atoms with Crippen LogP contribution in [0.15, 0.2) is 6.07 Å². The molecule has 0 aromatic carbocycles. The SMILES string of the molecule is CCNCc1c(C)cc(C)nc1N1CCS(=O)CC1. The Bertz CT molecular complexity index is 466. The lowest BCUT2D eigenvalue weighted by Crippen LogP contribution is -2.39. The first-order valence-corrected chi connectivity index (χ1v) is 8.38. The Labute approximate surface area is 118 Å². The highest BCUT2D eigenvalue weighted by molar-refractivity contribution is 7.85. The molecule has 2 heterocycles. The van der Waals surface area contributed by atoms with Gasteiger partial charge < -0.3 is 10.2 Å². The van der Waals surface area contributed by atoms with Gasteiger partial charge in [-0.3, -0.25) is 4.21 Å². The molecule has 0 amide bonds. The molecular weight excluding hydrogens is 258 g/mol. The first kappa shape index (κ1) is 14.5. The third kappa shape index (κ3) is 3.54. The maximum Gasteiger partial charge on any atom is 0.133 e. The van der Waals surface area contributed by atoms with Crippen LogP contribution >= 0.6 is 0 Å². The number of rotatable bonds is 4. The molecule has 2 rings (SSSR count). The highest BCUT2D eigenvalue weighted by Crippen LogP contribution is 2.23. The zero-order valence-corrected chi connectivity index (χ0v) is 12.8. The number of nitrogens with zero attached hydrogens (tertiary/aromatic N) is 2. The number of anilines is 1. The largest absolute Gasteiger partial charge is 0.354 e. The Morgan fingerprint density at radius 1 is 1.37 bits per heavy atom. The van der Waals surface area contributed by atoms with Crippen LogP contribution < -0.4 is 10.2 Å². The van der Waals surface area contributed by atoms with Crippen LogP contribution in [0.4, 0.5) is 5.82 Å². The van der Waals surface area contributed by atoms with Crippen molar-refractivity contribution in [2.45, 2.75) is 27.3 Å². The quantitative estimate of drug-likeness (QED) is 0.905. The highest BCUT2D eigenvalue weighted by Gasteiger charge is 2.20. The molecule has 0 saturated carbocycles. The van der Waals surface area contributed by atoms with Crippen molar-refractivity contribution in [2.24, 2.45) is 0 Å². The van der Waals surface area contributed by atoms with E-state index in [1.54, 1.807) is 0 Å². The minimum atomic E-state index is -0.642. The minimum Gasteiger partial charge on any atom is -0.354 e. The molecule has 1 aromatic rings. The second-order valence-electron chi connectivity index (χ2n) is 5.00. The Balaban J connectivity index is 2.28. The molecule has 0 bridgehead atoms. The standard InChI is InChI=1S/C14H23N3OS/c1-4-15-10-13-11(2)9-12(3)16-14(13)17-5-7-19(18)8-6-17/h9,15H,4-8,10H2,1-3H3. The molecule has 0 radical (unpaired) electrons. The summed E-state index contributed by atoms with van der Waals surface area (Å²) < 4.78 is 11.5. The predicted octanol–water partition coefficient (Wildman–Crippen LogP) is 1.38. The number of hydrogen-bond donors (Lipinski definition) is 1. The third-order valence-electron chi connectivity index (χ3n) is 3.48. The fourth-order valence-electron chi connectivity index (χ4n) is 2.42. The van der Waals surface area contributed by atoms with E-state index in [0.717, 1.165) is 49.2 Å². The predicted molar refractivity (Wildman–Crippen MR) is 81.2 cm³/mol. The van der Waals surface area contributed by atoms with Gasteiger partial charge in [0.05, 0.1) is 0 Å². The van der Waals surface area contributed by atoms with E-state index in [0.29, 0.717) is 0 Å². The summed E-state index contributed by atoms with van der Waals surface area (Å²) in [6.07, 6.45) is 0. The lowest BCUT2D eigenvalue weighted by molar-refractivity contribution is 0.670. The summed E-state index contributed by atoms with van der Waals surface area (Å²) in [5.74, 6) is 2.60. The van der Waals surface area contributed by atoms with E-state index < -0.39 is 10.8 Å². The van der Waals surface area contributed by atoms with E-state index >= 15 is 0 Å². The van der Waals surface area contributed by atoms with Crippen molar-refractivity contribution in [1.82, 2.24) is 10.3 Å². The van der Waals surface area contributed by atoms with E-state index in [-0.39, 0.29) is 0 Å². The average Bonchev–Trinajstić information content (AvgIpc) is 2.38. The zero-order chi connectivity index (χ0) is 13.8. The smallest absolute Gasteiger partial charge is 0.133 e. The molecule has 1 aromatic heterocycles. The molecule has 1 aliphatic rings. The summed E-state index contributed by atoms with van der Waals surface area (Å²) in [5, 5.41) is 3.39. The van der Waals surface area contributed by atoms with Gasteiger partial charge in [-0.15, -0.1) is 0 Å². The van der Waals surface area contributed by atoms with Crippen LogP contribution in [0.25, 0.3) is 0 Å². The third-order valence-corrected chi connectivity index (χ3v) is 4.76. The molecule has 1 N–H and O–H groups in total. The van der Waals surface area contributed by atoms with Gasteiger partial charge in [-0.1, -0.05) is 6.92 Å². The van der Waals surface area contributed by atoms with E-state index in [9.17, 15) is 4.21 Å². The van der Waals surface area contributed by atoms with Crippen LogP contribution in [0, 0.1) is 13.8 Å². The number of pyridine rings is 1. The molecular formula is C14H23N3OS. The van der Waals surface area contributed by atoms with E-state index in [1.807, 2.05) is 6.92 Å². The molecule has 106 valence electrons. The summed E-state index contributed by atoms with van der Waals surface area (Å²) in [6, 6.07) is 2.14. The topological polar surface area (TPSA) is 45.2 Å². The average molecular weight is 281 g/mol. The maximum absolute atomic E-state index is 11.5. The number of aryl methyl sites for hydroxylation is 2. The van der Waals surface area contributed by atoms with Gasteiger partial charge in [0.25, 0.3) is 0 Å². The van der Waals surface area contributed by atoms with Crippen molar-refractivity contribution in [3.8, 4) is 0 Å². The first-order chi connectivity index (χ1) is 9.11. The molecule has 19 heavy (non-hydrogen) atoms. The molecule has 1 aliphatic heterocycles. The summed E-state index contributed by atoms with van der Waals surface area (Å²) in [7, 11) is -0.642. The molecule has 1 fully saturated rings. The van der Waals surface area contributed by atoms with Gasteiger partial charge in [0.2, 0.25) is 0 Å². The molecule has 0 unspecified atom stereocenters. The van der Waals surface area contributed by atoms with Crippen LogP contribution in [0.3, 0.4) is 0 Å². The molecule has 1 saturated heterocycles. The lowest BCUT2D eigenvalue weighted by Gasteiger charge is -2.30. The van der Waals surface area contributed by atoms with Crippen LogP contribution in [0.5, 0.6) is 0 Å². The Hall–Kier alpha value is -0.940. The number of nitrogens with one attached hydrogen (secondary N) is 1. The van der Waals surface area contributed by atoms with E-state index in [4.69, 9.17) is 4.98 Å². The monoisotopic (exact) mass is 281 g/mol. The van der Waals surface area contributed by atoms with E-state index in [1.165, 1.54) is 11.1 Å². The van der Waals surface area contributed by atoms with Crippen molar-refractivity contribution < 1.29 is 4.21 Å². The fourth-order valence-corrected chi connectivity index (χ4v) is 3.48. The zero-order valence-electron chi connectivity index (χ0n) is 12.0. The van der Waals surface area contributed by atoms with Crippen molar-refractivity contribution in [3.05, 3.63) is 22.9 Å². The maximum atomic E-state index is 11.5. The summed E-state index contributed by atoms with van der Waals surface area (Å²) in [6.45, 7) is 9.80. The summed E-state index contributed by atoms with van der Waals surface area (Å²) >= 11 is 0.